The fraction of sp³-hybridized carbons (Fsp3) is 0.786. The van der Waals surface area contributed by atoms with Crippen molar-refractivity contribution in [3.63, 3.8) is 0 Å². The molecule has 4 N–H and O–H groups in total. The van der Waals surface area contributed by atoms with Crippen LogP contribution in [0.4, 0.5) is 0 Å². The second kappa shape index (κ2) is 12.6. The van der Waals surface area contributed by atoms with Gasteiger partial charge in [0.05, 0.1) is 17.8 Å². The van der Waals surface area contributed by atoms with Crippen LogP contribution in [0.5, 0.6) is 0 Å². The number of hydrogen-bond acceptors (Lipinski definition) is 6. The first-order valence-corrected chi connectivity index (χ1v) is 20.7. The number of aliphatic hydroxyl groups is 2. The van der Waals surface area contributed by atoms with Crippen LogP contribution in [0.2, 0.25) is 0 Å². The Hall–Kier alpha value is -1.38. The quantitative estimate of drug-likeness (QED) is 0.223. The minimum absolute atomic E-state index is 0.00805. The van der Waals surface area contributed by atoms with E-state index < -0.39 is 11.6 Å². The van der Waals surface area contributed by atoms with Crippen molar-refractivity contribution in [2.75, 3.05) is 44.3 Å². The maximum Gasteiger partial charge on any atom is 0.335 e. The SMILES string of the molecule is CC1(C)C(c2ccc(C(=O)O)cc2)=CCC2(C)C1CCC1(C)[C@@H]2CCC2[C@H]3[C@H](C(C)(O)CO)CCC3(NCCN3CCSCC3)CC[C@]21C. The fourth-order valence-electron chi connectivity index (χ4n) is 13.9. The topological polar surface area (TPSA) is 93.0 Å². The highest BCUT2D eigenvalue weighted by Gasteiger charge is 2.71. The molecule has 1 aromatic carbocycles. The molecule has 0 amide bonds. The summed E-state index contributed by atoms with van der Waals surface area (Å²) in [5.41, 5.74) is 2.45. The van der Waals surface area contributed by atoms with E-state index in [1.165, 1.54) is 74.3 Å². The zero-order valence-corrected chi connectivity index (χ0v) is 32.0. The molecule has 6 aliphatic rings. The summed E-state index contributed by atoms with van der Waals surface area (Å²) in [6, 6.07) is 7.56. The Morgan fingerprint density at radius 3 is 2.33 bits per heavy atom. The van der Waals surface area contributed by atoms with Crippen molar-refractivity contribution in [3.05, 3.63) is 41.5 Å². The molecule has 6 nitrogen and oxygen atoms in total. The second-order valence-electron chi connectivity index (χ2n) is 18.8. The standard InChI is InChI=1S/C42H64N2O4S/c1-37(2)30(28-7-9-29(10-8-28)36(46)47)13-16-38(3)33(37)15-17-40(5)34(38)12-11-31-35-32(41(6,48)27-45)14-18-42(35,20-19-39(31,40)4)43-21-22-44-23-25-49-26-24-44/h7-10,13,31-35,43,45,48H,11-12,14-27H2,1-6H3,(H,46,47)/t31?,32-,33?,34-,35+,38?,39-,40?,41?,42?/m1/s1. The average Bonchev–Trinajstić information content (AvgIpc) is 3.46. The Kier molecular flexibility index (Phi) is 9.28. The van der Waals surface area contributed by atoms with Gasteiger partial charge in [-0.05, 0) is 139 Å². The van der Waals surface area contributed by atoms with Gasteiger partial charge in [0.2, 0.25) is 0 Å². The number of aliphatic hydroxyl groups excluding tert-OH is 1. The number of nitrogens with one attached hydrogen (secondary N) is 1. The van der Waals surface area contributed by atoms with Crippen molar-refractivity contribution in [1.29, 1.82) is 0 Å². The summed E-state index contributed by atoms with van der Waals surface area (Å²) >= 11 is 2.07. The molecule has 5 fully saturated rings. The van der Waals surface area contributed by atoms with Crippen molar-refractivity contribution >= 4 is 23.3 Å². The van der Waals surface area contributed by atoms with E-state index in [-0.39, 0.29) is 39.7 Å². The monoisotopic (exact) mass is 692 g/mol. The van der Waals surface area contributed by atoms with E-state index in [0.29, 0.717) is 29.2 Å². The first-order valence-electron chi connectivity index (χ1n) is 19.6. The molecule has 4 saturated carbocycles. The molecule has 0 radical (unpaired) electrons. The minimum Gasteiger partial charge on any atom is -0.478 e. The number of allylic oxidation sites excluding steroid dienone is 2. The Labute approximate surface area is 300 Å². The van der Waals surface area contributed by atoms with E-state index in [4.69, 9.17) is 0 Å². The normalized spacial score (nSPS) is 42.9. The Morgan fingerprint density at radius 2 is 1.65 bits per heavy atom. The summed E-state index contributed by atoms with van der Waals surface area (Å²) in [6.07, 6.45) is 13.0. The van der Waals surface area contributed by atoms with Gasteiger partial charge in [-0.15, -0.1) is 0 Å². The van der Waals surface area contributed by atoms with E-state index in [0.717, 1.165) is 32.4 Å². The van der Waals surface area contributed by atoms with Crippen molar-refractivity contribution in [1.82, 2.24) is 10.2 Å². The molecule has 10 atom stereocenters. The summed E-state index contributed by atoms with van der Waals surface area (Å²) in [5.74, 6) is 3.81. The molecular weight excluding hydrogens is 629 g/mol. The second-order valence-corrected chi connectivity index (χ2v) is 20.0. The largest absolute Gasteiger partial charge is 0.478 e. The van der Waals surface area contributed by atoms with Crippen LogP contribution >= 0.6 is 11.8 Å². The van der Waals surface area contributed by atoms with Crippen LogP contribution in [0, 0.1) is 51.2 Å². The van der Waals surface area contributed by atoms with E-state index in [2.05, 4.69) is 62.7 Å². The van der Waals surface area contributed by atoms with Gasteiger partial charge >= 0.3 is 5.97 Å². The van der Waals surface area contributed by atoms with Gasteiger partial charge in [-0.1, -0.05) is 52.8 Å². The van der Waals surface area contributed by atoms with Gasteiger partial charge in [-0.25, -0.2) is 4.79 Å². The Balaban J connectivity index is 1.18. The molecule has 1 heterocycles. The van der Waals surface area contributed by atoms with Crippen LogP contribution < -0.4 is 5.32 Å². The number of carboxylic acid groups (broad SMARTS) is 1. The third-order valence-corrected chi connectivity index (χ3v) is 17.5. The van der Waals surface area contributed by atoms with Crippen LogP contribution in [-0.4, -0.2) is 81.6 Å². The number of nitrogens with zero attached hydrogens (tertiary/aromatic N) is 1. The van der Waals surface area contributed by atoms with E-state index in [1.54, 1.807) is 12.1 Å². The first kappa shape index (κ1) is 36.0. The van der Waals surface area contributed by atoms with Crippen molar-refractivity contribution < 1.29 is 20.1 Å². The molecule has 272 valence electrons. The lowest BCUT2D eigenvalue weighted by atomic mass is 9.32. The molecule has 0 aromatic heterocycles. The maximum absolute atomic E-state index is 11.8. The predicted molar refractivity (Wildman–Crippen MR) is 201 cm³/mol. The molecule has 49 heavy (non-hydrogen) atoms. The zero-order chi connectivity index (χ0) is 35.0. The van der Waals surface area contributed by atoms with Crippen LogP contribution in [0.1, 0.15) is 115 Å². The number of fused-ring (bicyclic) bond motifs is 7. The molecular formula is C42H64N2O4S. The molecule has 1 aliphatic heterocycles. The van der Waals surface area contributed by atoms with E-state index in [9.17, 15) is 20.1 Å². The van der Waals surface area contributed by atoms with Crippen molar-refractivity contribution in [2.45, 2.75) is 110 Å². The smallest absolute Gasteiger partial charge is 0.335 e. The molecule has 6 unspecified atom stereocenters. The molecule has 0 bridgehead atoms. The van der Waals surface area contributed by atoms with Crippen molar-refractivity contribution in [2.24, 2.45) is 51.2 Å². The average molecular weight is 693 g/mol. The van der Waals surface area contributed by atoms with Crippen LogP contribution in [0.15, 0.2) is 30.3 Å². The third kappa shape index (κ3) is 5.52. The summed E-state index contributed by atoms with van der Waals surface area (Å²) < 4.78 is 0. The maximum atomic E-state index is 11.8. The zero-order valence-electron chi connectivity index (χ0n) is 31.2. The molecule has 7 rings (SSSR count). The lowest BCUT2D eigenvalue weighted by molar-refractivity contribution is -0.227. The number of thioether (sulfide) groups is 1. The molecule has 1 saturated heterocycles. The van der Waals surface area contributed by atoms with Crippen LogP contribution in [0.25, 0.3) is 5.57 Å². The molecule has 1 aromatic rings. The van der Waals surface area contributed by atoms with Crippen LogP contribution in [0.3, 0.4) is 0 Å². The minimum atomic E-state index is -1.06. The number of carbonyl (C=O) groups is 1. The number of rotatable bonds is 8. The summed E-state index contributed by atoms with van der Waals surface area (Å²) in [6.45, 7) is 19.1. The lowest BCUT2D eigenvalue weighted by Crippen LogP contribution is -2.69. The fourth-order valence-corrected chi connectivity index (χ4v) is 14.9. The lowest BCUT2D eigenvalue weighted by Gasteiger charge is -2.72. The highest BCUT2D eigenvalue weighted by atomic mass is 32.2. The van der Waals surface area contributed by atoms with Crippen LogP contribution in [-0.2, 0) is 0 Å². The van der Waals surface area contributed by atoms with Gasteiger partial charge in [0.15, 0.2) is 0 Å². The van der Waals surface area contributed by atoms with E-state index in [1.807, 2.05) is 19.1 Å². The number of aromatic carboxylic acids is 1. The number of benzene rings is 1. The van der Waals surface area contributed by atoms with Gasteiger partial charge in [-0.2, -0.15) is 11.8 Å². The molecule has 7 heteroatoms. The predicted octanol–water partition coefficient (Wildman–Crippen LogP) is 7.59. The number of carboxylic acids is 1. The Morgan fingerprint density at radius 1 is 0.939 bits per heavy atom. The summed E-state index contributed by atoms with van der Waals surface area (Å²) in [7, 11) is 0. The Bertz CT molecular complexity index is 1440. The van der Waals surface area contributed by atoms with E-state index >= 15 is 0 Å². The number of hydrogen-bond donors (Lipinski definition) is 4. The van der Waals surface area contributed by atoms with Crippen molar-refractivity contribution in [3.8, 4) is 0 Å². The van der Waals surface area contributed by atoms with Gasteiger partial charge in [-0.3, -0.25) is 0 Å². The first-order chi connectivity index (χ1) is 23.1. The van der Waals surface area contributed by atoms with Gasteiger partial charge in [0, 0.05) is 43.2 Å². The highest BCUT2D eigenvalue weighted by molar-refractivity contribution is 7.99. The van der Waals surface area contributed by atoms with Gasteiger partial charge in [0.1, 0.15) is 0 Å². The summed E-state index contributed by atoms with van der Waals surface area (Å²) in [5, 5.41) is 36.0. The summed E-state index contributed by atoms with van der Waals surface area (Å²) in [4.78, 5) is 14.2. The van der Waals surface area contributed by atoms with Gasteiger partial charge in [0.25, 0.3) is 0 Å². The molecule has 5 aliphatic carbocycles. The highest BCUT2D eigenvalue weighted by Crippen LogP contribution is 2.76. The molecule has 0 spiro atoms. The third-order valence-electron chi connectivity index (χ3n) is 16.6. The van der Waals surface area contributed by atoms with Gasteiger partial charge < -0.3 is 25.5 Å².